The van der Waals surface area contributed by atoms with Gasteiger partial charge in [-0.25, -0.2) is 0 Å². The van der Waals surface area contributed by atoms with Crippen LogP contribution in [-0.4, -0.2) is 20.1 Å². The Hall–Kier alpha value is -2.01. The predicted octanol–water partition coefficient (Wildman–Crippen LogP) is 4.70. The molecule has 0 atom stereocenters. The van der Waals surface area contributed by atoms with Gasteiger partial charge < -0.3 is 3.55 Å². The van der Waals surface area contributed by atoms with Crippen molar-refractivity contribution in [2.45, 2.75) is 6.92 Å². The van der Waals surface area contributed by atoms with E-state index in [4.69, 9.17) is 0 Å². The molecule has 1 aromatic heterocycles. The van der Waals surface area contributed by atoms with Gasteiger partial charge in [-0.15, -0.1) is 0 Å². The summed E-state index contributed by atoms with van der Waals surface area (Å²) >= 11 is 2.81. The third-order valence-electron chi connectivity index (χ3n) is 4.09. The monoisotopic (exact) mass is 283 g/mol. The molecule has 3 aromatic carbocycles. The number of aromatic nitrogens is 1. The second kappa shape index (κ2) is 4.77. The minimum absolute atomic E-state index is 1.25. The minimum atomic E-state index is 1.25. The van der Waals surface area contributed by atoms with Crippen LogP contribution in [0.1, 0.15) is 5.56 Å². The van der Waals surface area contributed by atoms with Crippen LogP contribution in [0.4, 0.5) is 0 Å². The Morgan fingerprint density at radius 3 is 2.19 bits per heavy atom. The van der Waals surface area contributed by atoms with Crippen molar-refractivity contribution in [3.63, 3.8) is 0 Å². The van der Waals surface area contributed by atoms with Gasteiger partial charge in [-0.1, -0.05) is 54.1 Å². The van der Waals surface area contributed by atoms with E-state index < -0.39 is 0 Å². The van der Waals surface area contributed by atoms with E-state index in [-0.39, 0.29) is 0 Å². The molecule has 0 saturated carbocycles. The van der Waals surface area contributed by atoms with Crippen molar-refractivity contribution in [2.75, 3.05) is 0 Å². The molecule has 0 N–H and O–H groups in total. The molecule has 0 aliphatic rings. The molecular weight excluding hydrogens is 269 g/mol. The number of fused-ring (bicyclic) bond motifs is 3. The number of benzene rings is 3. The molecule has 4 aromatic rings. The Balaban J connectivity index is 2.01. The fourth-order valence-corrected chi connectivity index (χ4v) is 3.38. The van der Waals surface area contributed by atoms with Gasteiger partial charge in [0.2, 0.25) is 0 Å². The van der Waals surface area contributed by atoms with Crippen LogP contribution in [0.2, 0.25) is 0 Å². The summed E-state index contributed by atoms with van der Waals surface area (Å²) in [6.07, 6.45) is 0. The highest BCUT2D eigenvalue weighted by molar-refractivity contribution is 6.22. The summed E-state index contributed by atoms with van der Waals surface area (Å²) < 4.78 is 2.18. The Bertz CT molecular complexity index is 949. The number of nitrogens with zero attached hydrogens (tertiary/aromatic N) is 1. The smallest absolute Gasteiger partial charge is 0.318 e. The number of hydrogen-bond donors (Lipinski definition) is 0. The van der Waals surface area contributed by atoms with Crippen LogP contribution in [0.25, 0.3) is 32.9 Å². The van der Waals surface area contributed by atoms with Crippen LogP contribution in [0, 0.1) is 6.92 Å². The summed E-state index contributed by atoms with van der Waals surface area (Å²) in [6, 6.07) is 24.0. The molecule has 0 saturated heterocycles. The van der Waals surface area contributed by atoms with Crippen molar-refractivity contribution >= 4 is 38.3 Å². The van der Waals surface area contributed by atoms with Gasteiger partial charge >= 0.3 is 16.5 Å². The average molecular weight is 283 g/mol. The SMILES string of the molecule is Cc1ccc(-c2ccc3c(c2)c2ccccc2[n]3[Al])cc1. The van der Waals surface area contributed by atoms with Crippen LogP contribution in [0.5, 0.6) is 0 Å². The lowest BCUT2D eigenvalue weighted by molar-refractivity contribution is 1.39. The van der Waals surface area contributed by atoms with Crippen molar-refractivity contribution in [1.29, 1.82) is 0 Å². The van der Waals surface area contributed by atoms with Crippen LogP contribution in [0.3, 0.4) is 0 Å². The summed E-state index contributed by atoms with van der Waals surface area (Å²) in [5.74, 6) is 0. The first-order valence-corrected chi connectivity index (χ1v) is 7.61. The van der Waals surface area contributed by atoms with Crippen LogP contribution in [0.15, 0.2) is 66.7 Å². The molecule has 0 bridgehead atoms. The van der Waals surface area contributed by atoms with E-state index in [2.05, 4.69) is 93.7 Å². The Labute approximate surface area is 132 Å². The third kappa shape index (κ3) is 2.00. The molecule has 21 heavy (non-hydrogen) atoms. The van der Waals surface area contributed by atoms with Gasteiger partial charge in [0.1, 0.15) is 0 Å². The third-order valence-corrected chi connectivity index (χ3v) is 4.65. The van der Waals surface area contributed by atoms with Crippen molar-refractivity contribution in [3.05, 3.63) is 72.3 Å². The lowest BCUT2D eigenvalue weighted by Crippen LogP contribution is -1.89. The highest BCUT2D eigenvalue weighted by Crippen LogP contribution is 2.31. The van der Waals surface area contributed by atoms with Crippen LogP contribution >= 0.6 is 0 Å². The zero-order valence-corrected chi connectivity index (χ0v) is 13.0. The normalized spacial score (nSPS) is 11.3. The van der Waals surface area contributed by atoms with Crippen molar-refractivity contribution < 1.29 is 0 Å². The summed E-state index contributed by atoms with van der Waals surface area (Å²) in [5, 5.41) is 2.61. The molecule has 0 aliphatic heterocycles. The molecule has 0 amide bonds. The van der Waals surface area contributed by atoms with Gasteiger partial charge in [-0.3, -0.25) is 0 Å². The molecule has 0 unspecified atom stereocenters. The van der Waals surface area contributed by atoms with E-state index in [0.29, 0.717) is 0 Å². The van der Waals surface area contributed by atoms with Gasteiger partial charge in [0, 0.05) is 21.8 Å². The van der Waals surface area contributed by atoms with Crippen molar-refractivity contribution in [2.24, 2.45) is 0 Å². The summed E-state index contributed by atoms with van der Waals surface area (Å²) in [5.41, 5.74) is 6.32. The lowest BCUT2D eigenvalue weighted by atomic mass is 10.0. The van der Waals surface area contributed by atoms with Gasteiger partial charge in [-0.05, 0) is 36.2 Å². The summed E-state index contributed by atoms with van der Waals surface area (Å²) in [4.78, 5) is 0. The molecule has 0 aliphatic carbocycles. The minimum Gasteiger partial charge on any atom is -0.452 e. The Morgan fingerprint density at radius 2 is 1.38 bits per heavy atom. The van der Waals surface area contributed by atoms with Crippen LogP contribution < -0.4 is 0 Å². The second-order valence-electron chi connectivity index (χ2n) is 5.49. The molecule has 0 fully saturated rings. The predicted molar refractivity (Wildman–Crippen MR) is 90.8 cm³/mol. The first-order valence-electron chi connectivity index (χ1n) is 7.09. The van der Waals surface area contributed by atoms with Gasteiger partial charge in [0.25, 0.3) is 0 Å². The fourth-order valence-electron chi connectivity index (χ4n) is 2.93. The van der Waals surface area contributed by atoms with E-state index in [9.17, 15) is 0 Å². The molecule has 2 heteroatoms. The molecule has 4 rings (SSSR count). The van der Waals surface area contributed by atoms with Crippen molar-refractivity contribution in [1.82, 2.24) is 3.55 Å². The Kier molecular flexibility index (Phi) is 2.89. The van der Waals surface area contributed by atoms with Crippen LogP contribution in [-0.2, 0) is 0 Å². The first kappa shape index (κ1) is 12.7. The highest BCUT2D eigenvalue weighted by atomic mass is 27.1. The maximum atomic E-state index is 2.81. The second-order valence-corrected chi connectivity index (χ2v) is 6.00. The number of rotatable bonds is 1. The Morgan fingerprint density at radius 1 is 0.714 bits per heavy atom. The van der Waals surface area contributed by atoms with Gasteiger partial charge in [0.05, 0.1) is 0 Å². The van der Waals surface area contributed by atoms with E-state index >= 15 is 0 Å². The zero-order chi connectivity index (χ0) is 14.4. The van der Waals surface area contributed by atoms with Gasteiger partial charge in [-0.2, -0.15) is 0 Å². The maximum Gasteiger partial charge on any atom is 0.318 e. The zero-order valence-electron chi connectivity index (χ0n) is 11.9. The molecule has 0 spiro atoms. The topological polar surface area (TPSA) is 4.93 Å². The van der Waals surface area contributed by atoms with Crippen molar-refractivity contribution in [3.8, 4) is 11.1 Å². The number of aryl methyl sites for hydroxylation is 1. The summed E-state index contributed by atoms with van der Waals surface area (Å²) in [6.45, 7) is 2.12. The quantitative estimate of drug-likeness (QED) is 0.446. The van der Waals surface area contributed by atoms with E-state index in [1.807, 2.05) is 0 Å². The first-order chi connectivity index (χ1) is 10.2. The van der Waals surface area contributed by atoms with E-state index in [0.717, 1.165) is 0 Å². The number of hydrogen-bond acceptors (Lipinski definition) is 0. The fraction of sp³-hybridized carbons (Fsp3) is 0.0526. The maximum absolute atomic E-state index is 2.81. The summed E-state index contributed by atoms with van der Waals surface area (Å²) in [7, 11) is 0. The van der Waals surface area contributed by atoms with E-state index in [1.165, 1.54) is 38.5 Å². The molecule has 2 radical (unpaired) electrons. The molecule has 1 heterocycles. The van der Waals surface area contributed by atoms with Gasteiger partial charge in [0.15, 0.2) is 0 Å². The molecule has 1 nitrogen and oxygen atoms in total. The molecular formula is C19H14AlN. The highest BCUT2D eigenvalue weighted by Gasteiger charge is 2.07. The van der Waals surface area contributed by atoms with E-state index in [1.54, 1.807) is 0 Å². The number of para-hydroxylation sites is 1. The lowest BCUT2D eigenvalue weighted by Gasteiger charge is -2.04. The largest absolute Gasteiger partial charge is 0.452 e. The standard InChI is InChI=1S/C19H14N.Al/c1-13-6-8-14(9-7-13)15-10-11-19-17(12-15)16-4-2-3-5-18(16)20-19;/h2-12H,1H3;/q-1;+1. The molecule has 98 valence electrons. The average Bonchev–Trinajstić information content (AvgIpc) is 2.81.